The summed E-state index contributed by atoms with van der Waals surface area (Å²) in [6.45, 7) is 1.75. The number of pyridine rings is 1. The van der Waals surface area contributed by atoms with E-state index in [2.05, 4.69) is 20.9 Å². The number of aryl methyl sites for hydroxylation is 1. The predicted molar refractivity (Wildman–Crippen MR) is 82.7 cm³/mol. The third kappa shape index (κ3) is 3.08. The molecule has 3 nitrogen and oxygen atoms in total. The molecular weight excluding hydrogens is 318 g/mol. The summed E-state index contributed by atoms with van der Waals surface area (Å²) in [7, 11) is 0. The highest BCUT2D eigenvalue weighted by molar-refractivity contribution is 9.10. The quantitative estimate of drug-likeness (QED) is 0.883. The number of aromatic nitrogens is 1. The van der Waals surface area contributed by atoms with E-state index < -0.39 is 5.41 Å². The van der Waals surface area contributed by atoms with Gasteiger partial charge in [-0.05, 0) is 46.1 Å². The Morgan fingerprint density at radius 1 is 1.10 bits per heavy atom. The van der Waals surface area contributed by atoms with Gasteiger partial charge in [0.05, 0.1) is 13.2 Å². The van der Waals surface area contributed by atoms with Crippen molar-refractivity contribution in [2.45, 2.75) is 18.8 Å². The van der Waals surface area contributed by atoms with Gasteiger partial charge in [-0.1, -0.05) is 24.3 Å². The SMILES string of the molecule is Cc1ccccc1C(CO)(CO)Cc1ccc(Br)cn1. The fourth-order valence-corrected chi connectivity index (χ4v) is 2.69. The van der Waals surface area contributed by atoms with Crippen LogP contribution < -0.4 is 0 Å². The molecule has 1 aromatic carbocycles. The van der Waals surface area contributed by atoms with E-state index in [9.17, 15) is 10.2 Å². The van der Waals surface area contributed by atoms with E-state index in [0.717, 1.165) is 21.3 Å². The van der Waals surface area contributed by atoms with E-state index >= 15 is 0 Å². The first-order chi connectivity index (χ1) is 9.61. The average Bonchev–Trinajstić information content (AvgIpc) is 2.48. The highest BCUT2D eigenvalue weighted by atomic mass is 79.9. The monoisotopic (exact) mass is 335 g/mol. The molecule has 0 saturated heterocycles. The van der Waals surface area contributed by atoms with Crippen LogP contribution >= 0.6 is 15.9 Å². The fraction of sp³-hybridized carbons (Fsp3) is 0.312. The molecule has 0 amide bonds. The normalized spacial score (nSPS) is 11.6. The number of hydrogen-bond acceptors (Lipinski definition) is 3. The molecule has 0 spiro atoms. The van der Waals surface area contributed by atoms with Crippen LogP contribution in [0.15, 0.2) is 47.1 Å². The summed E-state index contributed by atoms with van der Waals surface area (Å²) in [5, 5.41) is 19.7. The van der Waals surface area contributed by atoms with E-state index in [0.29, 0.717) is 6.42 Å². The van der Waals surface area contributed by atoms with Crippen molar-refractivity contribution in [3.63, 3.8) is 0 Å². The number of benzene rings is 1. The molecule has 4 heteroatoms. The van der Waals surface area contributed by atoms with Gasteiger partial charge in [0.25, 0.3) is 0 Å². The molecule has 2 aromatic rings. The van der Waals surface area contributed by atoms with Gasteiger partial charge in [-0.15, -0.1) is 0 Å². The van der Waals surface area contributed by atoms with E-state index in [1.165, 1.54) is 0 Å². The summed E-state index contributed by atoms with van der Waals surface area (Å²) in [4.78, 5) is 4.35. The number of rotatable bonds is 5. The summed E-state index contributed by atoms with van der Waals surface area (Å²) in [5.41, 5.74) is 2.17. The first kappa shape index (κ1) is 15.2. The van der Waals surface area contributed by atoms with Gasteiger partial charge in [-0.25, -0.2) is 0 Å². The van der Waals surface area contributed by atoms with Gasteiger partial charge in [0.1, 0.15) is 0 Å². The lowest BCUT2D eigenvalue weighted by Crippen LogP contribution is -2.38. The fourth-order valence-electron chi connectivity index (χ4n) is 2.45. The van der Waals surface area contributed by atoms with Gasteiger partial charge in [-0.2, -0.15) is 0 Å². The van der Waals surface area contributed by atoms with Crippen LogP contribution in [0.25, 0.3) is 0 Å². The zero-order valence-electron chi connectivity index (χ0n) is 11.4. The molecule has 2 N–H and O–H groups in total. The average molecular weight is 336 g/mol. The molecule has 106 valence electrons. The summed E-state index contributed by atoms with van der Waals surface area (Å²) in [5.74, 6) is 0. The second kappa shape index (κ2) is 6.48. The van der Waals surface area contributed by atoms with E-state index in [-0.39, 0.29) is 13.2 Å². The van der Waals surface area contributed by atoms with Crippen molar-refractivity contribution in [3.05, 3.63) is 63.9 Å². The Kier molecular flexibility index (Phi) is 4.91. The predicted octanol–water partition coefficient (Wildman–Crippen LogP) is 2.62. The second-order valence-corrected chi connectivity index (χ2v) is 5.97. The number of hydrogen-bond donors (Lipinski definition) is 2. The van der Waals surface area contributed by atoms with Crippen LogP contribution in [0.1, 0.15) is 16.8 Å². The zero-order chi connectivity index (χ0) is 14.6. The molecule has 0 aliphatic carbocycles. The topological polar surface area (TPSA) is 53.4 Å². The maximum atomic E-state index is 9.87. The molecule has 0 aliphatic heterocycles. The number of aliphatic hydroxyl groups is 2. The van der Waals surface area contributed by atoms with Crippen molar-refractivity contribution < 1.29 is 10.2 Å². The molecule has 0 unspecified atom stereocenters. The van der Waals surface area contributed by atoms with Gasteiger partial charge >= 0.3 is 0 Å². The van der Waals surface area contributed by atoms with Crippen LogP contribution in [0, 0.1) is 6.92 Å². The summed E-state index contributed by atoms with van der Waals surface area (Å²) >= 11 is 3.35. The van der Waals surface area contributed by atoms with Crippen molar-refractivity contribution in [2.24, 2.45) is 0 Å². The molecule has 0 saturated carbocycles. The van der Waals surface area contributed by atoms with Crippen molar-refractivity contribution >= 4 is 15.9 Å². The van der Waals surface area contributed by atoms with Crippen LogP contribution in [0.5, 0.6) is 0 Å². The minimum atomic E-state index is -0.702. The molecule has 1 heterocycles. The Balaban J connectivity index is 2.39. The van der Waals surface area contributed by atoms with Gasteiger partial charge in [0.15, 0.2) is 0 Å². The first-order valence-electron chi connectivity index (χ1n) is 6.49. The van der Waals surface area contributed by atoms with Crippen molar-refractivity contribution in [1.29, 1.82) is 0 Å². The van der Waals surface area contributed by atoms with Gasteiger partial charge in [0, 0.05) is 28.2 Å². The maximum absolute atomic E-state index is 9.87. The molecular formula is C16H18BrNO2. The summed E-state index contributed by atoms with van der Waals surface area (Å²) in [6.07, 6.45) is 2.23. The molecule has 2 rings (SSSR count). The minimum absolute atomic E-state index is 0.119. The molecule has 20 heavy (non-hydrogen) atoms. The minimum Gasteiger partial charge on any atom is -0.395 e. The van der Waals surface area contributed by atoms with Gasteiger partial charge < -0.3 is 10.2 Å². The van der Waals surface area contributed by atoms with E-state index in [4.69, 9.17) is 0 Å². The lowest BCUT2D eigenvalue weighted by Gasteiger charge is -2.31. The Bertz CT molecular complexity index is 565. The van der Waals surface area contributed by atoms with Crippen LogP contribution in [-0.2, 0) is 11.8 Å². The molecule has 0 bridgehead atoms. The van der Waals surface area contributed by atoms with Crippen molar-refractivity contribution in [2.75, 3.05) is 13.2 Å². The number of nitrogens with zero attached hydrogens (tertiary/aromatic N) is 1. The van der Waals surface area contributed by atoms with Crippen LogP contribution in [0.4, 0.5) is 0 Å². The van der Waals surface area contributed by atoms with Crippen molar-refractivity contribution in [3.8, 4) is 0 Å². The molecule has 0 fully saturated rings. The van der Waals surface area contributed by atoms with E-state index in [1.54, 1.807) is 6.20 Å². The standard InChI is InChI=1S/C16H18BrNO2/c1-12-4-2-3-5-15(12)16(10-19,11-20)8-14-7-6-13(17)9-18-14/h2-7,9,19-20H,8,10-11H2,1H3. The van der Waals surface area contributed by atoms with Gasteiger partial charge in [-0.3, -0.25) is 4.98 Å². The lowest BCUT2D eigenvalue weighted by molar-refractivity contribution is 0.115. The van der Waals surface area contributed by atoms with Crippen LogP contribution in [-0.4, -0.2) is 28.4 Å². The maximum Gasteiger partial charge on any atom is 0.0554 e. The van der Waals surface area contributed by atoms with Crippen LogP contribution in [0.2, 0.25) is 0 Å². The Hall–Kier alpha value is -1.23. The lowest BCUT2D eigenvalue weighted by atomic mass is 9.76. The molecule has 0 atom stereocenters. The highest BCUT2D eigenvalue weighted by Gasteiger charge is 2.33. The van der Waals surface area contributed by atoms with E-state index in [1.807, 2.05) is 43.3 Å². The largest absolute Gasteiger partial charge is 0.395 e. The number of halogens is 1. The Morgan fingerprint density at radius 3 is 2.35 bits per heavy atom. The Morgan fingerprint density at radius 2 is 1.80 bits per heavy atom. The molecule has 0 radical (unpaired) electrons. The highest BCUT2D eigenvalue weighted by Crippen LogP contribution is 2.30. The zero-order valence-corrected chi connectivity index (χ0v) is 13.0. The van der Waals surface area contributed by atoms with Crippen LogP contribution in [0.3, 0.4) is 0 Å². The third-order valence-corrected chi connectivity index (χ3v) is 4.10. The van der Waals surface area contributed by atoms with Crippen molar-refractivity contribution in [1.82, 2.24) is 4.98 Å². The first-order valence-corrected chi connectivity index (χ1v) is 7.29. The molecule has 0 aliphatic rings. The summed E-state index contributed by atoms with van der Waals surface area (Å²) < 4.78 is 0.913. The summed E-state index contributed by atoms with van der Waals surface area (Å²) in [6, 6.07) is 11.7. The second-order valence-electron chi connectivity index (χ2n) is 5.06. The third-order valence-electron chi connectivity index (χ3n) is 3.63. The molecule has 1 aromatic heterocycles. The van der Waals surface area contributed by atoms with Gasteiger partial charge in [0.2, 0.25) is 0 Å². The Labute approximate surface area is 127 Å². The number of aliphatic hydroxyl groups excluding tert-OH is 2. The smallest absolute Gasteiger partial charge is 0.0554 e.